The number of hydrogen-bond donors (Lipinski definition) is 2. The molecule has 0 bridgehead atoms. The summed E-state index contributed by atoms with van der Waals surface area (Å²) in [6.45, 7) is 5.38. The maximum atomic E-state index is 10.8. The normalized spacial score (nSPS) is 12.4. The Balaban J connectivity index is 2.42. The number of aliphatic hydroxyl groups excluding tert-OH is 1. The summed E-state index contributed by atoms with van der Waals surface area (Å²) in [4.78, 5) is 10.3. The lowest BCUT2D eigenvalue weighted by Gasteiger charge is -2.14. The molecule has 106 valence electrons. The van der Waals surface area contributed by atoms with E-state index in [1.807, 2.05) is 0 Å². The summed E-state index contributed by atoms with van der Waals surface area (Å²) in [5.74, 6) is 0.679. The van der Waals surface area contributed by atoms with Gasteiger partial charge >= 0.3 is 5.69 Å². The van der Waals surface area contributed by atoms with Crippen molar-refractivity contribution in [1.82, 2.24) is 5.32 Å². The van der Waals surface area contributed by atoms with Gasteiger partial charge in [-0.3, -0.25) is 10.1 Å². The molecule has 1 unspecified atom stereocenters. The number of nitro groups is 1. The predicted molar refractivity (Wildman–Crippen MR) is 72.3 cm³/mol. The number of aliphatic hydroxyl groups is 1. The lowest BCUT2D eigenvalue weighted by atomic mass is 10.2. The molecule has 1 rings (SSSR count). The second kappa shape index (κ2) is 7.70. The van der Waals surface area contributed by atoms with Gasteiger partial charge in [-0.25, -0.2) is 0 Å². The van der Waals surface area contributed by atoms with E-state index in [0.29, 0.717) is 12.5 Å². The van der Waals surface area contributed by atoms with Crippen molar-refractivity contribution in [2.75, 3.05) is 19.7 Å². The van der Waals surface area contributed by atoms with Crippen LogP contribution in [0.1, 0.15) is 13.8 Å². The lowest BCUT2D eigenvalue weighted by Crippen LogP contribution is -2.33. The molecule has 0 saturated carbocycles. The lowest BCUT2D eigenvalue weighted by molar-refractivity contribution is -0.385. The molecular formula is C13H20N2O4. The molecule has 0 spiro atoms. The van der Waals surface area contributed by atoms with Crippen molar-refractivity contribution in [3.05, 3.63) is 34.4 Å². The Kier molecular flexibility index (Phi) is 6.24. The summed E-state index contributed by atoms with van der Waals surface area (Å²) in [5.41, 5.74) is -0.0927. The summed E-state index contributed by atoms with van der Waals surface area (Å²) in [6, 6.07) is 6.13. The Morgan fingerprint density at radius 2 is 2.05 bits per heavy atom. The number of nitrogens with zero attached hydrogens (tertiary/aromatic N) is 1. The van der Waals surface area contributed by atoms with E-state index in [-0.39, 0.29) is 18.0 Å². The highest BCUT2D eigenvalue weighted by molar-refractivity contribution is 5.45. The molecule has 1 aromatic carbocycles. The Morgan fingerprint density at radius 3 is 2.68 bits per heavy atom. The molecule has 0 aromatic heterocycles. The molecule has 0 aliphatic rings. The maximum absolute atomic E-state index is 10.8. The van der Waals surface area contributed by atoms with Crippen molar-refractivity contribution in [3.63, 3.8) is 0 Å². The van der Waals surface area contributed by atoms with Crippen molar-refractivity contribution in [3.8, 4) is 5.75 Å². The Labute approximate surface area is 112 Å². The van der Waals surface area contributed by atoms with Crippen molar-refractivity contribution >= 4 is 5.69 Å². The zero-order chi connectivity index (χ0) is 14.3. The van der Waals surface area contributed by atoms with Crippen LogP contribution in [-0.2, 0) is 0 Å². The van der Waals surface area contributed by atoms with E-state index in [9.17, 15) is 15.2 Å². The smallest absolute Gasteiger partial charge is 0.310 e. The first kappa shape index (κ1) is 15.4. The van der Waals surface area contributed by atoms with Crippen LogP contribution in [0.5, 0.6) is 5.75 Å². The fourth-order valence-corrected chi connectivity index (χ4v) is 1.51. The minimum absolute atomic E-state index is 0.0238. The van der Waals surface area contributed by atoms with Gasteiger partial charge in [0.05, 0.1) is 4.92 Å². The molecule has 0 aliphatic heterocycles. The van der Waals surface area contributed by atoms with Crippen LogP contribution in [0, 0.1) is 16.0 Å². The van der Waals surface area contributed by atoms with Crippen molar-refractivity contribution < 1.29 is 14.8 Å². The van der Waals surface area contributed by atoms with Crippen molar-refractivity contribution in [2.24, 2.45) is 5.92 Å². The molecular weight excluding hydrogens is 248 g/mol. The minimum atomic E-state index is -0.696. The quantitative estimate of drug-likeness (QED) is 0.552. The number of rotatable bonds is 8. The first-order valence-corrected chi connectivity index (χ1v) is 6.25. The average molecular weight is 268 g/mol. The number of ether oxygens (including phenoxy) is 1. The van der Waals surface area contributed by atoms with Crippen LogP contribution in [0.15, 0.2) is 24.3 Å². The summed E-state index contributed by atoms with van der Waals surface area (Å²) < 4.78 is 5.29. The van der Waals surface area contributed by atoms with E-state index in [1.54, 1.807) is 12.1 Å². The Morgan fingerprint density at radius 1 is 1.37 bits per heavy atom. The summed E-state index contributed by atoms with van der Waals surface area (Å²) in [6.07, 6.45) is -0.696. The zero-order valence-electron chi connectivity index (χ0n) is 11.2. The topological polar surface area (TPSA) is 84.6 Å². The summed E-state index contributed by atoms with van der Waals surface area (Å²) in [5, 5.41) is 23.6. The highest BCUT2D eigenvalue weighted by atomic mass is 16.6. The van der Waals surface area contributed by atoms with Crippen LogP contribution in [0.3, 0.4) is 0 Å². The van der Waals surface area contributed by atoms with Gasteiger partial charge in [0, 0.05) is 12.6 Å². The SMILES string of the molecule is CC(C)CNCC(O)COc1ccccc1[N+](=O)[O-]. The number of nitro benzene ring substituents is 1. The van der Waals surface area contributed by atoms with Gasteiger partial charge in [0.2, 0.25) is 0 Å². The summed E-state index contributed by atoms with van der Waals surface area (Å²) in [7, 11) is 0. The predicted octanol–water partition coefficient (Wildman–Crippen LogP) is 1.58. The van der Waals surface area contributed by atoms with Crippen LogP contribution in [-0.4, -0.2) is 35.8 Å². The van der Waals surface area contributed by atoms with E-state index in [1.165, 1.54) is 12.1 Å². The molecule has 0 amide bonds. The van der Waals surface area contributed by atoms with Gasteiger partial charge in [-0.15, -0.1) is 0 Å². The monoisotopic (exact) mass is 268 g/mol. The van der Waals surface area contributed by atoms with Gasteiger partial charge in [-0.1, -0.05) is 26.0 Å². The summed E-state index contributed by atoms with van der Waals surface area (Å²) >= 11 is 0. The highest BCUT2D eigenvalue weighted by Gasteiger charge is 2.15. The number of hydrogen-bond acceptors (Lipinski definition) is 5. The second-order valence-corrected chi connectivity index (χ2v) is 4.74. The fourth-order valence-electron chi connectivity index (χ4n) is 1.51. The van der Waals surface area contributed by atoms with E-state index < -0.39 is 11.0 Å². The van der Waals surface area contributed by atoms with Crippen LogP contribution in [0.2, 0.25) is 0 Å². The van der Waals surface area contributed by atoms with Crippen molar-refractivity contribution in [2.45, 2.75) is 20.0 Å². The van der Waals surface area contributed by atoms with Crippen LogP contribution in [0.25, 0.3) is 0 Å². The van der Waals surface area contributed by atoms with E-state index >= 15 is 0 Å². The molecule has 6 heteroatoms. The maximum Gasteiger partial charge on any atom is 0.310 e. The molecule has 0 saturated heterocycles. The van der Waals surface area contributed by atoms with Gasteiger partial charge in [-0.05, 0) is 18.5 Å². The van der Waals surface area contributed by atoms with Crippen LogP contribution >= 0.6 is 0 Å². The van der Waals surface area contributed by atoms with Gasteiger partial charge < -0.3 is 15.2 Å². The van der Waals surface area contributed by atoms with Crippen LogP contribution < -0.4 is 10.1 Å². The van der Waals surface area contributed by atoms with Gasteiger partial charge in [0.1, 0.15) is 12.7 Å². The molecule has 0 heterocycles. The van der Waals surface area contributed by atoms with E-state index in [2.05, 4.69) is 19.2 Å². The molecule has 1 aromatic rings. The Bertz CT molecular complexity index is 409. The largest absolute Gasteiger partial charge is 0.484 e. The van der Waals surface area contributed by atoms with E-state index in [4.69, 9.17) is 4.74 Å². The standard InChI is InChI=1S/C13H20N2O4/c1-10(2)7-14-8-11(16)9-19-13-6-4-3-5-12(13)15(17)18/h3-6,10-11,14,16H,7-9H2,1-2H3. The molecule has 19 heavy (non-hydrogen) atoms. The Hall–Kier alpha value is -1.66. The van der Waals surface area contributed by atoms with Crippen molar-refractivity contribution in [1.29, 1.82) is 0 Å². The third kappa shape index (κ3) is 5.67. The highest BCUT2D eigenvalue weighted by Crippen LogP contribution is 2.25. The molecule has 1 atom stereocenters. The van der Waals surface area contributed by atoms with Gasteiger partial charge in [-0.2, -0.15) is 0 Å². The van der Waals surface area contributed by atoms with E-state index in [0.717, 1.165) is 6.54 Å². The first-order valence-electron chi connectivity index (χ1n) is 6.25. The first-order chi connectivity index (χ1) is 9.00. The van der Waals surface area contributed by atoms with Gasteiger partial charge in [0.15, 0.2) is 5.75 Å². The molecule has 0 fully saturated rings. The second-order valence-electron chi connectivity index (χ2n) is 4.74. The number of benzene rings is 1. The fraction of sp³-hybridized carbons (Fsp3) is 0.538. The molecule has 6 nitrogen and oxygen atoms in total. The minimum Gasteiger partial charge on any atom is -0.484 e. The molecule has 2 N–H and O–H groups in total. The molecule has 0 radical (unpaired) electrons. The number of para-hydroxylation sites is 2. The average Bonchev–Trinajstić information content (AvgIpc) is 2.36. The number of nitrogens with one attached hydrogen (secondary N) is 1. The van der Waals surface area contributed by atoms with Gasteiger partial charge in [0.25, 0.3) is 0 Å². The zero-order valence-corrected chi connectivity index (χ0v) is 11.2. The third-order valence-electron chi connectivity index (χ3n) is 2.43. The van der Waals surface area contributed by atoms with Crippen LogP contribution in [0.4, 0.5) is 5.69 Å². The molecule has 0 aliphatic carbocycles. The third-order valence-corrected chi connectivity index (χ3v) is 2.43.